The van der Waals surface area contributed by atoms with Crippen molar-refractivity contribution < 1.29 is 0 Å². The van der Waals surface area contributed by atoms with Crippen LogP contribution in [0.15, 0.2) is 41.5 Å². The monoisotopic (exact) mass is 337 g/mol. The van der Waals surface area contributed by atoms with Gasteiger partial charge < -0.3 is 5.32 Å². The minimum Gasteiger partial charge on any atom is -0.331 e. The summed E-state index contributed by atoms with van der Waals surface area (Å²) in [5.74, 6) is 0. The predicted molar refractivity (Wildman–Crippen MR) is 106 cm³/mol. The van der Waals surface area contributed by atoms with Crippen molar-refractivity contribution in [2.45, 2.75) is 40.0 Å². The van der Waals surface area contributed by atoms with Gasteiger partial charge in [0.05, 0.1) is 5.71 Å². The summed E-state index contributed by atoms with van der Waals surface area (Å²) in [6.45, 7) is 6.38. The summed E-state index contributed by atoms with van der Waals surface area (Å²) in [7, 11) is 0. The minimum atomic E-state index is 0.518. The number of rotatable bonds is 2. The van der Waals surface area contributed by atoms with Gasteiger partial charge in [0.2, 0.25) is 0 Å². The number of nitrogens with one attached hydrogen (secondary N) is 2. The highest BCUT2D eigenvalue weighted by Gasteiger charge is 2.17. The number of nitrogens with zero attached hydrogens (tertiary/aromatic N) is 1. The standard InChI is InChI=1S/C20H23N3S/c1-13-6-4-7-16(11-13)21-20(24)23-22-19-9-5-8-17-15(3)10-14(2)12-18(17)19/h4,6-7,10-12H,5,8-9H2,1-3H3,(H2,21,23,24)/b22-19-. The molecule has 2 aromatic rings. The van der Waals surface area contributed by atoms with Crippen molar-refractivity contribution in [1.82, 2.24) is 5.43 Å². The fourth-order valence-electron chi connectivity index (χ4n) is 3.27. The Bertz CT molecular complexity index is 809. The van der Waals surface area contributed by atoms with Gasteiger partial charge in [-0.15, -0.1) is 0 Å². The highest BCUT2D eigenvalue weighted by atomic mass is 32.1. The van der Waals surface area contributed by atoms with Crippen LogP contribution in [-0.2, 0) is 6.42 Å². The van der Waals surface area contributed by atoms with Gasteiger partial charge in [-0.2, -0.15) is 5.10 Å². The van der Waals surface area contributed by atoms with Crippen LogP contribution in [0.4, 0.5) is 5.69 Å². The van der Waals surface area contributed by atoms with E-state index in [2.05, 4.69) is 60.9 Å². The van der Waals surface area contributed by atoms with Crippen molar-refractivity contribution in [3.05, 3.63) is 64.2 Å². The molecule has 0 spiro atoms. The van der Waals surface area contributed by atoms with E-state index in [1.54, 1.807) is 0 Å². The Morgan fingerprint density at radius 1 is 1.04 bits per heavy atom. The molecule has 2 aromatic carbocycles. The lowest BCUT2D eigenvalue weighted by molar-refractivity contribution is 0.821. The Morgan fingerprint density at radius 3 is 2.67 bits per heavy atom. The van der Waals surface area contributed by atoms with Crippen molar-refractivity contribution in [2.24, 2.45) is 5.10 Å². The van der Waals surface area contributed by atoms with E-state index in [0.717, 1.165) is 30.7 Å². The smallest absolute Gasteiger partial charge is 0.191 e. The second-order valence-electron chi connectivity index (χ2n) is 6.46. The van der Waals surface area contributed by atoms with Crippen molar-refractivity contribution in [3.63, 3.8) is 0 Å². The Labute approximate surface area is 149 Å². The lowest BCUT2D eigenvalue weighted by atomic mass is 9.86. The van der Waals surface area contributed by atoms with Gasteiger partial charge in [-0.05, 0) is 87.1 Å². The maximum absolute atomic E-state index is 5.37. The number of anilines is 1. The zero-order valence-corrected chi connectivity index (χ0v) is 15.3. The van der Waals surface area contributed by atoms with Gasteiger partial charge >= 0.3 is 0 Å². The van der Waals surface area contributed by atoms with Crippen LogP contribution in [0.2, 0.25) is 0 Å². The highest BCUT2D eigenvalue weighted by Crippen LogP contribution is 2.26. The molecule has 3 nitrogen and oxygen atoms in total. The average Bonchev–Trinajstić information content (AvgIpc) is 2.53. The molecule has 0 amide bonds. The Kier molecular flexibility index (Phi) is 4.95. The van der Waals surface area contributed by atoms with Crippen LogP contribution < -0.4 is 10.7 Å². The van der Waals surface area contributed by atoms with Gasteiger partial charge in [0.15, 0.2) is 5.11 Å². The molecule has 0 unspecified atom stereocenters. The van der Waals surface area contributed by atoms with E-state index in [0.29, 0.717) is 5.11 Å². The molecule has 0 atom stereocenters. The van der Waals surface area contributed by atoms with Gasteiger partial charge in [0, 0.05) is 11.3 Å². The topological polar surface area (TPSA) is 36.4 Å². The second-order valence-corrected chi connectivity index (χ2v) is 6.86. The van der Waals surface area contributed by atoms with Crippen LogP contribution in [0.3, 0.4) is 0 Å². The zero-order valence-electron chi connectivity index (χ0n) is 14.4. The molecule has 0 heterocycles. The summed E-state index contributed by atoms with van der Waals surface area (Å²) in [6.07, 6.45) is 3.25. The van der Waals surface area contributed by atoms with Crippen molar-refractivity contribution in [2.75, 3.05) is 5.32 Å². The van der Waals surface area contributed by atoms with Crippen LogP contribution in [0.5, 0.6) is 0 Å². The molecule has 0 saturated heterocycles. The van der Waals surface area contributed by atoms with E-state index in [9.17, 15) is 0 Å². The summed E-state index contributed by atoms with van der Waals surface area (Å²) in [5, 5.41) is 8.29. The largest absolute Gasteiger partial charge is 0.331 e. The molecule has 1 aliphatic carbocycles. The molecule has 4 heteroatoms. The Morgan fingerprint density at radius 2 is 1.88 bits per heavy atom. The van der Waals surface area contributed by atoms with Gasteiger partial charge in [0.1, 0.15) is 0 Å². The minimum absolute atomic E-state index is 0.518. The van der Waals surface area contributed by atoms with E-state index in [-0.39, 0.29) is 0 Å². The van der Waals surface area contributed by atoms with E-state index in [1.807, 2.05) is 12.1 Å². The van der Waals surface area contributed by atoms with Crippen molar-refractivity contribution in [1.29, 1.82) is 0 Å². The summed E-state index contributed by atoms with van der Waals surface area (Å²) in [5.41, 5.74) is 11.6. The zero-order chi connectivity index (χ0) is 17.1. The number of benzene rings is 2. The quantitative estimate of drug-likeness (QED) is 0.619. The van der Waals surface area contributed by atoms with E-state index in [4.69, 9.17) is 12.2 Å². The Balaban J connectivity index is 1.75. The number of fused-ring (bicyclic) bond motifs is 1. The van der Waals surface area contributed by atoms with Gasteiger partial charge in [0.25, 0.3) is 0 Å². The molecule has 0 aliphatic heterocycles. The normalized spacial score (nSPS) is 15.0. The lowest BCUT2D eigenvalue weighted by Gasteiger charge is -2.21. The first kappa shape index (κ1) is 16.7. The molecular weight excluding hydrogens is 314 g/mol. The Hall–Kier alpha value is -2.20. The third-order valence-electron chi connectivity index (χ3n) is 4.34. The molecule has 2 N–H and O–H groups in total. The van der Waals surface area contributed by atoms with Gasteiger partial charge in [-0.3, -0.25) is 5.43 Å². The molecule has 0 radical (unpaired) electrons. The number of hydrazone groups is 1. The molecule has 1 aliphatic rings. The lowest BCUT2D eigenvalue weighted by Crippen LogP contribution is -2.26. The molecule has 124 valence electrons. The maximum Gasteiger partial charge on any atom is 0.191 e. The number of hydrogen-bond acceptors (Lipinski definition) is 2. The average molecular weight is 337 g/mol. The molecule has 3 rings (SSSR count). The van der Waals surface area contributed by atoms with E-state index < -0.39 is 0 Å². The third kappa shape index (κ3) is 3.82. The fraction of sp³-hybridized carbons (Fsp3) is 0.300. The first-order valence-electron chi connectivity index (χ1n) is 8.33. The van der Waals surface area contributed by atoms with Crippen molar-refractivity contribution in [3.8, 4) is 0 Å². The van der Waals surface area contributed by atoms with Crippen LogP contribution in [0.25, 0.3) is 0 Å². The SMILES string of the molecule is Cc1cccc(NC(=S)N/N=C2/CCCc3c(C)cc(C)cc32)c1. The van der Waals surface area contributed by atoms with Crippen molar-refractivity contribution >= 4 is 28.7 Å². The summed E-state index contributed by atoms with van der Waals surface area (Å²) >= 11 is 5.37. The van der Waals surface area contributed by atoms with Gasteiger partial charge in [-0.25, -0.2) is 0 Å². The molecule has 0 bridgehead atoms. The van der Waals surface area contributed by atoms with Crippen LogP contribution in [-0.4, -0.2) is 10.8 Å². The number of thiocarbonyl (C=S) groups is 1. The predicted octanol–water partition coefficient (Wildman–Crippen LogP) is 4.64. The van der Waals surface area contributed by atoms with E-state index in [1.165, 1.54) is 27.8 Å². The van der Waals surface area contributed by atoms with Gasteiger partial charge in [-0.1, -0.05) is 23.8 Å². The summed E-state index contributed by atoms with van der Waals surface area (Å²) in [6, 6.07) is 12.6. The number of hydrogen-bond donors (Lipinski definition) is 2. The highest BCUT2D eigenvalue weighted by molar-refractivity contribution is 7.80. The maximum atomic E-state index is 5.37. The van der Waals surface area contributed by atoms with E-state index >= 15 is 0 Å². The third-order valence-corrected chi connectivity index (χ3v) is 4.53. The molecule has 24 heavy (non-hydrogen) atoms. The molecular formula is C20H23N3S. The number of aryl methyl sites for hydroxylation is 3. The first-order valence-corrected chi connectivity index (χ1v) is 8.74. The fourth-order valence-corrected chi connectivity index (χ4v) is 3.43. The molecule has 0 aromatic heterocycles. The van der Waals surface area contributed by atoms with Crippen LogP contribution in [0.1, 0.15) is 40.7 Å². The first-order chi connectivity index (χ1) is 11.5. The van der Waals surface area contributed by atoms with Crippen LogP contribution >= 0.6 is 12.2 Å². The molecule has 0 fully saturated rings. The molecule has 0 saturated carbocycles. The second kappa shape index (κ2) is 7.14. The van der Waals surface area contributed by atoms with Crippen LogP contribution in [0, 0.1) is 20.8 Å². The summed E-state index contributed by atoms with van der Waals surface area (Å²) < 4.78 is 0. The summed E-state index contributed by atoms with van der Waals surface area (Å²) in [4.78, 5) is 0.